The van der Waals surface area contributed by atoms with E-state index in [-0.39, 0.29) is 43.1 Å². The summed E-state index contributed by atoms with van der Waals surface area (Å²) in [7, 11) is 0. The Balaban J connectivity index is 1.36. The molecule has 4 rings (SSSR count). The minimum absolute atomic E-state index is 0.0229. The van der Waals surface area contributed by atoms with Crippen molar-refractivity contribution in [1.29, 1.82) is 0 Å². The van der Waals surface area contributed by atoms with Crippen LogP contribution in [0.15, 0.2) is 34.9 Å². The Morgan fingerprint density at radius 1 is 1.11 bits per heavy atom. The SMILES string of the molecule is O=C(Cc1noc(CN2C(=O)C(=O)N(CC3CC3)C2=O)n1)Nc1ccccc1. The number of urea groups is 1. The number of nitrogens with one attached hydrogen (secondary N) is 1. The summed E-state index contributed by atoms with van der Waals surface area (Å²) in [4.78, 5) is 54.2. The zero-order chi connectivity index (χ0) is 19.7. The van der Waals surface area contributed by atoms with E-state index in [1.807, 2.05) is 6.07 Å². The van der Waals surface area contributed by atoms with Gasteiger partial charge in [0, 0.05) is 12.2 Å². The number of carbonyl (C=O) groups excluding carboxylic acids is 4. The second kappa shape index (κ2) is 7.22. The van der Waals surface area contributed by atoms with Gasteiger partial charge in [0.25, 0.3) is 0 Å². The molecule has 2 aromatic rings. The molecule has 10 nitrogen and oxygen atoms in total. The van der Waals surface area contributed by atoms with Crippen LogP contribution in [0, 0.1) is 5.92 Å². The molecule has 1 aromatic carbocycles. The lowest BCUT2D eigenvalue weighted by atomic mass is 10.3. The molecule has 5 amide bonds. The minimum atomic E-state index is -0.910. The molecule has 1 aromatic heterocycles. The maximum atomic E-state index is 12.3. The number of benzene rings is 1. The number of hydrogen-bond donors (Lipinski definition) is 1. The van der Waals surface area contributed by atoms with E-state index in [1.165, 1.54) is 0 Å². The third kappa shape index (κ3) is 3.75. The first-order valence-corrected chi connectivity index (χ1v) is 8.85. The van der Waals surface area contributed by atoms with Crippen molar-refractivity contribution in [2.75, 3.05) is 11.9 Å². The van der Waals surface area contributed by atoms with E-state index in [0.29, 0.717) is 5.69 Å². The summed E-state index contributed by atoms with van der Waals surface area (Å²) in [5.74, 6) is -1.71. The molecule has 0 radical (unpaired) electrons. The van der Waals surface area contributed by atoms with E-state index in [9.17, 15) is 19.2 Å². The van der Waals surface area contributed by atoms with Gasteiger partial charge >= 0.3 is 17.8 Å². The minimum Gasteiger partial charge on any atom is -0.337 e. The molecule has 28 heavy (non-hydrogen) atoms. The lowest BCUT2D eigenvalue weighted by molar-refractivity contribution is -0.143. The van der Waals surface area contributed by atoms with Crippen molar-refractivity contribution in [3.8, 4) is 0 Å². The summed E-state index contributed by atoms with van der Waals surface area (Å²) in [6, 6.07) is 8.23. The van der Waals surface area contributed by atoms with E-state index in [4.69, 9.17) is 4.52 Å². The van der Waals surface area contributed by atoms with Crippen molar-refractivity contribution in [2.24, 2.45) is 5.92 Å². The topological polar surface area (TPSA) is 126 Å². The van der Waals surface area contributed by atoms with Crippen LogP contribution in [0.1, 0.15) is 24.6 Å². The lowest BCUT2D eigenvalue weighted by Gasteiger charge is -2.13. The predicted molar refractivity (Wildman–Crippen MR) is 93.5 cm³/mol. The molecule has 1 aliphatic carbocycles. The van der Waals surface area contributed by atoms with Crippen molar-refractivity contribution in [2.45, 2.75) is 25.8 Å². The maximum absolute atomic E-state index is 12.3. The number of rotatable bonds is 7. The third-order valence-corrected chi connectivity index (χ3v) is 4.45. The van der Waals surface area contributed by atoms with Gasteiger partial charge in [0.05, 0.1) is 6.42 Å². The summed E-state index contributed by atoms with van der Waals surface area (Å²) in [5, 5.41) is 6.38. The number of para-hydroxylation sites is 1. The Morgan fingerprint density at radius 2 is 1.82 bits per heavy atom. The van der Waals surface area contributed by atoms with E-state index < -0.39 is 17.8 Å². The normalized spacial score (nSPS) is 16.8. The fraction of sp³-hybridized carbons (Fsp3) is 0.333. The molecule has 10 heteroatoms. The van der Waals surface area contributed by atoms with Crippen LogP contribution in [0.5, 0.6) is 0 Å². The highest BCUT2D eigenvalue weighted by Gasteiger charge is 2.46. The van der Waals surface area contributed by atoms with Gasteiger partial charge in [-0.05, 0) is 30.9 Å². The molecule has 1 N–H and O–H groups in total. The number of imide groups is 2. The largest absolute Gasteiger partial charge is 0.337 e. The smallest absolute Gasteiger partial charge is 0.334 e. The third-order valence-electron chi connectivity index (χ3n) is 4.45. The van der Waals surface area contributed by atoms with Crippen molar-refractivity contribution < 1.29 is 23.7 Å². The first-order valence-electron chi connectivity index (χ1n) is 8.85. The Morgan fingerprint density at radius 3 is 2.54 bits per heavy atom. The zero-order valence-electron chi connectivity index (χ0n) is 14.8. The van der Waals surface area contributed by atoms with Crippen LogP contribution in [0.3, 0.4) is 0 Å². The molecular weight excluding hydrogens is 366 g/mol. The van der Waals surface area contributed by atoms with Crippen LogP contribution in [0.4, 0.5) is 10.5 Å². The number of aromatic nitrogens is 2. The van der Waals surface area contributed by atoms with Crippen LogP contribution in [0.25, 0.3) is 0 Å². The summed E-state index contributed by atoms with van der Waals surface area (Å²) < 4.78 is 5.02. The Bertz CT molecular complexity index is 937. The number of anilines is 1. The van der Waals surface area contributed by atoms with Gasteiger partial charge < -0.3 is 9.84 Å². The van der Waals surface area contributed by atoms with Gasteiger partial charge in [-0.25, -0.2) is 9.69 Å². The second-order valence-electron chi connectivity index (χ2n) is 6.73. The lowest BCUT2D eigenvalue weighted by Crippen LogP contribution is -2.34. The van der Waals surface area contributed by atoms with Gasteiger partial charge in [-0.15, -0.1) is 0 Å². The molecule has 0 atom stereocenters. The molecular formula is C18H17N5O5. The molecule has 0 spiro atoms. The van der Waals surface area contributed by atoms with Crippen molar-refractivity contribution in [3.63, 3.8) is 0 Å². The molecule has 144 valence electrons. The van der Waals surface area contributed by atoms with Gasteiger partial charge in [-0.3, -0.25) is 19.3 Å². The average Bonchev–Trinajstić information content (AvgIpc) is 3.37. The van der Waals surface area contributed by atoms with Gasteiger partial charge in [0.2, 0.25) is 11.8 Å². The highest BCUT2D eigenvalue weighted by atomic mass is 16.5. The summed E-state index contributed by atoms with van der Waals surface area (Å²) in [6.07, 6.45) is 1.76. The number of carbonyl (C=O) groups is 4. The monoisotopic (exact) mass is 383 g/mol. The summed E-state index contributed by atoms with van der Waals surface area (Å²) in [5.41, 5.74) is 0.638. The van der Waals surface area contributed by atoms with Crippen LogP contribution < -0.4 is 5.32 Å². The van der Waals surface area contributed by atoms with Crippen LogP contribution >= 0.6 is 0 Å². The molecule has 1 saturated carbocycles. The molecule has 1 saturated heterocycles. The fourth-order valence-corrected chi connectivity index (χ4v) is 2.84. The van der Waals surface area contributed by atoms with E-state index in [0.717, 1.165) is 22.6 Å². The van der Waals surface area contributed by atoms with E-state index >= 15 is 0 Å². The van der Waals surface area contributed by atoms with E-state index in [2.05, 4.69) is 15.5 Å². The average molecular weight is 383 g/mol. The number of hydrogen-bond acceptors (Lipinski definition) is 7. The van der Waals surface area contributed by atoms with Gasteiger partial charge in [-0.1, -0.05) is 23.4 Å². The molecule has 2 heterocycles. The maximum Gasteiger partial charge on any atom is 0.334 e. The number of nitrogens with zero attached hydrogens (tertiary/aromatic N) is 4. The predicted octanol–water partition coefficient (Wildman–Crippen LogP) is 0.952. The molecule has 2 aliphatic rings. The van der Waals surface area contributed by atoms with Crippen LogP contribution in [-0.4, -0.2) is 50.2 Å². The van der Waals surface area contributed by atoms with E-state index in [1.54, 1.807) is 24.3 Å². The summed E-state index contributed by atoms with van der Waals surface area (Å²) in [6.45, 7) is -0.0491. The highest BCUT2D eigenvalue weighted by molar-refractivity contribution is 6.44. The molecule has 1 aliphatic heterocycles. The molecule has 2 fully saturated rings. The first-order chi connectivity index (χ1) is 13.5. The highest BCUT2D eigenvalue weighted by Crippen LogP contribution is 2.31. The van der Waals surface area contributed by atoms with Gasteiger partial charge in [0.1, 0.15) is 6.54 Å². The Hall–Kier alpha value is -3.56. The second-order valence-corrected chi connectivity index (χ2v) is 6.73. The van der Waals surface area contributed by atoms with Crippen LogP contribution in [-0.2, 0) is 27.3 Å². The zero-order valence-corrected chi connectivity index (χ0v) is 14.8. The Labute approximate surface area is 159 Å². The Kier molecular flexibility index (Phi) is 4.60. The molecule has 0 bridgehead atoms. The standard InChI is InChI=1S/C18H17N5O5/c24-14(19-12-4-2-1-3-5-12)8-13-20-15(28-21-13)10-23-17(26)16(25)22(18(23)27)9-11-6-7-11/h1-5,11H,6-10H2,(H,19,24). The van der Waals surface area contributed by atoms with Gasteiger partial charge in [-0.2, -0.15) is 4.98 Å². The fourth-order valence-electron chi connectivity index (χ4n) is 2.84. The molecule has 0 unspecified atom stereocenters. The number of amides is 5. The first kappa shape index (κ1) is 17.8. The van der Waals surface area contributed by atoms with Crippen LogP contribution in [0.2, 0.25) is 0 Å². The van der Waals surface area contributed by atoms with Crippen molar-refractivity contribution in [1.82, 2.24) is 19.9 Å². The van der Waals surface area contributed by atoms with Gasteiger partial charge in [0.15, 0.2) is 5.82 Å². The quantitative estimate of drug-likeness (QED) is 0.557. The van der Waals surface area contributed by atoms with Crippen molar-refractivity contribution >= 4 is 29.4 Å². The van der Waals surface area contributed by atoms with Crippen molar-refractivity contribution in [3.05, 3.63) is 42.0 Å². The summed E-state index contributed by atoms with van der Waals surface area (Å²) >= 11 is 0.